The number of nitrogens with one attached hydrogen (secondary N) is 1. The lowest BCUT2D eigenvalue weighted by Crippen LogP contribution is -2.15. The average molecular weight is 320 g/mol. The highest BCUT2D eigenvalue weighted by molar-refractivity contribution is 9.10. The molecule has 0 aliphatic carbocycles. The normalized spacial score (nSPS) is 10.3. The van der Waals surface area contributed by atoms with Crippen molar-refractivity contribution < 1.29 is 4.79 Å². The molecule has 1 amide bonds. The van der Waals surface area contributed by atoms with E-state index in [4.69, 9.17) is 0 Å². The van der Waals surface area contributed by atoms with Crippen LogP contribution < -0.4 is 5.32 Å². The summed E-state index contributed by atoms with van der Waals surface area (Å²) in [6, 6.07) is 7.47. The molecular formula is C14H14BrN3O. The molecule has 98 valence electrons. The van der Waals surface area contributed by atoms with E-state index in [1.165, 1.54) is 0 Å². The van der Waals surface area contributed by atoms with Gasteiger partial charge in [-0.3, -0.25) is 4.79 Å². The zero-order chi connectivity index (χ0) is 14.0. The summed E-state index contributed by atoms with van der Waals surface area (Å²) < 4.78 is 0.889. The van der Waals surface area contributed by atoms with Crippen LogP contribution in [0.15, 0.2) is 28.7 Å². The van der Waals surface area contributed by atoms with Gasteiger partial charge < -0.3 is 5.32 Å². The number of rotatable bonds is 2. The van der Waals surface area contributed by atoms with Gasteiger partial charge in [-0.15, -0.1) is 0 Å². The molecule has 0 unspecified atom stereocenters. The predicted octanol–water partition coefficient (Wildman–Crippen LogP) is 3.42. The van der Waals surface area contributed by atoms with Crippen molar-refractivity contribution in [1.82, 2.24) is 10.2 Å². The van der Waals surface area contributed by atoms with E-state index in [1.807, 2.05) is 32.0 Å². The van der Waals surface area contributed by atoms with Crippen LogP contribution in [-0.2, 0) is 0 Å². The maximum absolute atomic E-state index is 12.3. The summed E-state index contributed by atoms with van der Waals surface area (Å²) in [6.07, 6.45) is 0. The maximum Gasteiger partial charge on any atom is 0.257 e. The molecule has 4 nitrogen and oxygen atoms in total. The third-order valence-electron chi connectivity index (χ3n) is 2.79. The summed E-state index contributed by atoms with van der Waals surface area (Å²) in [5, 5.41) is 10.8. The van der Waals surface area contributed by atoms with Crippen molar-refractivity contribution in [3.63, 3.8) is 0 Å². The first-order chi connectivity index (χ1) is 8.99. The Bertz CT molecular complexity index is 641. The Hall–Kier alpha value is -1.75. The van der Waals surface area contributed by atoms with Crippen LogP contribution in [0.1, 0.15) is 27.3 Å². The Labute approximate surface area is 120 Å². The number of hydrogen-bond acceptors (Lipinski definition) is 3. The van der Waals surface area contributed by atoms with Gasteiger partial charge in [0.25, 0.3) is 5.91 Å². The molecule has 5 heteroatoms. The number of hydrogen-bond donors (Lipinski definition) is 1. The van der Waals surface area contributed by atoms with E-state index in [0.29, 0.717) is 11.3 Å². The molecule has 0 spiro atoms. The summed E-state index contributed by atoms with van der Waals surface area (Å²) in [6.45, 7) is 5.56. The molecule has 0 saturated heterocycles. The summed E-state index contributed by atoms with van der Waals surface area (Å²) in [4.78, 5) is 12.3. The van der Waals surface area contributed by atoms with Gasteiger partial charge in [0, 0.05) is 4.47 Å². The highest BCUT2D eigenvalue weighted by Crippen LogP contribution is 2.26. The quantitative estimate of drug-likeness (QED) is 0.922. The molecule has 19 heavy (non-hydrogen) atoms. The number of halogens is 1. The van der Waals surface area contributed by atoms with Crippen LogP contribution in [-0.4, -0.2) is 16.1 Å². The number of amides is 1. The van der Waals surface area contributed by atoms with Crippen molar-refractivity contribution in [2.45, 2.75) is 20.8 Å². The van der Waals surface area contributed by atoms with Gasteiger partial charge >= 0.3 is 0 Å². The number of carbonyl (C=O) groups excluding carboxylic acids is 1. The van der Waals surface area contributed by atoms with E-state index < -0.39 is 0 Å². The van der Waals surface area contributed by atoms with Gasteiger partial charge in [-0.1, -0.05) is 12.1 Å². The molecule has 2 aromatic rings. The van der Waals surface area contributed by atoms with Crippen LogP contribution in [0.2, 0.25) is 0 Å². The van der Waals surface area contributed by atoms with Crippen molar-refractivity contribution >= 4 is 27.5 Å². The van der Waals surface area contributed by atoms with Crippen LogP contribution in [0.3, 0.4) is 0 Å². The fourth-order valence-electron chi connectivity index (χ4n) is 1.71. The summed E-state index contributed by atoms with van der Waals surface area (Å²) in [5.41, 5.74) is 3.70. The minimum atomic E-state index is -0.179. The number of nitrogens with zero attached hydrogens (tertiary/aromatic N) is 2. The molecule has 1 aromatic heterocycles. The fraction of sp³-hybridized carbons (Fsp3) is 0.214. The van der Waals surface area contributed by atoms with Crippen molar-refractivity contribution in [1.29, 1.82) is 0 Å². The highest BCUT2D eigenvalue weighted by Gasteiger charge is 2.13. The summed E-state index contributed by atoms with van der Waals surface area (Å²) in [5.74, 6) is -0.179. The summed E-state index contributed by atoms with van der Waals surface area (Å²) >= 11 is 3.47. The molecule has 0 bridgehead atoms. The lowest BCUT2D eigenvalue weighted by molar-refractivity contribution is 0.102. The third-order valence-corrected chi connectivity index (χ3v) is 3.84. The van der Waals surface area contributed by atoms with Crippen molar-refractivity contribution in [2.75, 3.05) is 5.32 Å². The van der Waals surface area contributed by atoms with Gasteiger partial charge in [-0.05, 0) is 54.4 Å². The van der Waals surface area contributed by atoms with Gasteiger partial charge in [-0.2, -0.15) is 10.2 Å². The van der Waals surface area contributed by atoms with Crippen molar-refractivity contribution in [3.05, 3.63) is 51.3 Å². The molecule has 1 N–H and O–H groups in total. The zero-order valence-electron chi connectivity index (χ0n) is 11.0. The lowest BCUT2D eigenvalue weighted by Gasteiger charge is -2.10. The first-order valence-corrected chi connectivity index (χ1v) is 6.65. The van der Waals surface area contributed by atoms with Crippen LogP contribution in [0.25, 0.3) is 0 Å². The standard InChI is InChI=1S/C14H14BrN3O/c1-8-5-4-6-12(13(8)15)16-14(19)11-7-9(2)17-18-10(11)3/h4-7H,1-3H3,(H,16,19). The molecule has 1 heterocycles. The Morgan fingerprint density at radius 2 is 1.95 bits per heavy atom. The van der Waals surface area contributed by atoms with E-state index in [-0.39, 0.29) is 5.91 Å². The minimum Gasteiger partial charge on any atom is -0.321 e. The third kappa shape index (κ3) is 2.98. The number of anilines is 1. The van der Waals surface area contributed by atoms with Gasteiger partial charge in [0.15, 0.2) is 0 Å². The van der Waals surface area contributed by atoms with Crippen LogP contribution in [0.5, 0.6) is 0 Å². The van der Waals surface area contributed by atoms with E-state index >= 15 is 0 Å². The molecule has 0 radical (unpaired) electrons. The van der Waals surface area contributed by atoms with E-state index in [0.717, 1.165) is 21.4 Å². The Morgan fingerprint density at radius 3 is 2.68 bits per heavy atom. The number of aromatic nitrogens is 2. The minimum absolute atomic E-state index is 0.179. The topological polar surface area (TPSA) is 54.9 Å². The average Bonchev–Trinajstić information content (AvgIpc) is 2.38. The van der Waals surface area contributed by atoms with Gasteiger partial charge in [-0.25, -0.2) is 0 Å². The Kier molecular flexibility index (Phi) is 3.95. The smallest absolute Gasteiger partial charge is 0.257 e. The lowest BCUT2D eigenvalue weighted by atomic mass is 10.1. The molecule has 1 aromatic carbocycles. The Morgan fingerprint density at radius 1 is 1.21 bits per heavy atom. The molecule has 0 saturated carbocycles. The first kappa shape index (κ1) is 13.7. The second-order valence-corrected chi connectivity index (χ2v) is 5.17. The van der Waals surface area contributed by atoms with Crippen LogP contribution in [0, 0.1) is 20.8 Å². The van der Waals surface area contributed by atoms with Crippen LogP contribution in [0.4, 0.5) is 5.69 Å². The zero-order valence-corrected chi connectivity index (χ0v) is 12.6. The predicted molar refractivity (Wildman–Crippen MR) is 78.3 cm³/mol. The molecule has 2 rings (SSSR count). The van der Waals surface area contributed by atoms with Crippen molar-refractivity contribution in [2.24, 2.45) is 0 Å². The molecule has 0 fully saturated rings. The second kappa shape index (κ2) is 5.48. The second-order valence-electron chi connectivity index (χ2n) is 4.38. The highest BCUT2D eigenvalue weighted by atomic mass is 79.9. The monoisotopic (exact) mass is 319 g/mol. The van der Waals surface area contributed by atoms with Crippen LogP contribution >= 0.6 is 15.9 Å². The van der Waals surface area contributed by atoms with Gasteiger partial charge in [0.05, 0.1) is 22.6 Å². The van der Waals surface area contributed by atoms with Gasteiger partial charge in [0.1, 0.15) is 0 Å². The summed E-state index contributed by atoms with van der Waals surface area (Å²) in [7, 11) is 0. The molecule has 0 aliphatic heterocycles. The van der Waals surface area contributed by atoms with Crippen molar-refractivity contribution in [3.8, 4) is 0 Å². The molecule has 0 atom stereocenters. The SMILES string of the molecule is Cc1cc(C(=O)Nc2cccc(C)c2Br)c(C)nn1. The van der Waals surface area contributed by atoms with E-state index in [2.05, 4.69) is 31.4 Å². The number of benzene rings is 1. The maximum atomic E-state index is 12.3. The molecular weight excluding hydrogens is 306 g/mol. The van der Waals surface area contributed by atoms with Gasteiger partial charge in [0.2, 0.25) is 0 Å². The first-order valence-electron chi connectivity index (χ1n) is 5.86. The number of aryl methyl sites for hydroxylation is 3. The fourth-order valence-corrected chi connectivity index (χ4v) is 2.08. The van der Waals surface area contributed by atoms with E-state index in [1.54, 1.807) is 13.0 Å². The van der Waals surface area contributed by atoms with E-state index in [9.17, 15) is 4.79 Å². The number of carbonyl (C=O) groups is 1. The Balaban J connectivity index is 2.31. The molecule has 0 aliphatic rings. The largest absolute Gasteiger partial charge is 0.321 e.